The fourth-order valence-electron chi connectivity index (χ4n) is 2.84. The Kier molecular flexibility index (Phi) is 1.66. The molecule has 1 fully saturated rings. The first-order chi connectivity index (χ1) is 6.45. The summed E-state index contributed by atoms with van der Waals surface area (Å²) in [6.07, 6.45) is 4.06. The molecule has 13 heavy (non-hydrogen) atoms. The SMILES string of the molecule is c1ccc2c(c1)CC1CCCNC21. The van der Waals surface area contributed by atoms with Gasteiger partial charge in [0.05, 0.1) is 0 Å². The second-order valence-corrected chi connectivity index (χ2v) is 4.24. The standard InChI is InChI=1S/C12H15N/c1-2-6-11-9(4-1)8-10-5-3-7-13-12(10)11/h1-2,4,6,10,12-13H,3,5,7-8H2. The lowest BCUT2D eigenvalue weighted by molar-refractivity contribution is 0.307. The molecule has 1 aliphatic carbocycles. The minimum Gasteiger partial charge on any atom is -0.310 e. The van der Waals surface area contributed by atoms with E-state index in [4.69, 9.17) is 0 Å². The van der Waals surface area contributed by atoms with E-state index in [2.05, 4.69) is 29.6 Å². The van der Waals surface area contributed by atoms with Crippen molar-refractivity contribution in [2.24, 2.45) is 5.92 Å². The molecule has 1 heteroatoms. The van der Waals surface area contributed by atoms with Crippen LogP contribution in [0.4, 0.5) is 0 Å². The first-order valence-corrected chi connectivity index (χ1v) is 5.26. The van der Waals surface area contributed by atoms with Crippen LogP contribution in [-0.4, -0.2) is 6.54 Å². The number of piperidine rings is 1. The van der Waals surface area contributed by atoms with E-state index < -0.39 is 0 Å². The minimum absolute atomic E-state index is 0.671. The summed E-state index contributed by atoms with van der Waals surface area (Å²) < 4.78 is 0. The van der Waals surface area contributed by atoms with Crippen LogP contribution in [0, 0.1) is 5.92 Å². The van der Waals surface area contributed by atoms with E-state index in [1.807, 2.05) is 0 Å². The summed E-state index contributed by atoms with van der Waals surface area (Å²) in [5.74, 6) is 0.881. The Morgan fingerprint density at radius 3 is 3.15 bits per heavy atom. The van der Waals surface area contributed by atoms with Crippen molar-refractivity contribution in [1.29, 1.82) is 0 Å². The number of rotatable bonds is 0. The van der Waals surface area contributed by atoms with Gasteiger partial charge in [0, 0.05) is 6.04 Å². The molecule has 1 aromatic carbocycles. The maximum absolute atomic E-state index is 3.64. The lowest BCUT2D eigenvalue weighted by Crippen LogP contribution is -2.31. The van der Waals surface area contributed by atoms with E-state index in [0.29, 0.717) is 6.04 Å². The van der Waals surface area contributed by atoms with Gasteiger partial charge in [-0.3, -0.25) is 0 Å². The Labute approximate surface area is 79.2 Å². The zero-order valence-electron chi connectivity index (χ0n) is 7.79. The summed E-state index contributed by atoms with van der Waals surface area (Å²) in [6, 6.07) is 9.58. The molecule has 2 atom stereocenters. The molecule has 1 N–H and O–H groups in total. The van der Waals surface area contributed by atoms with Crippen LogP contribution < -0.4 is 5.32 Å². The lowest BCUT2D eigenvalue weighted by Gasteiger charge is -2.27. The fraction of sp³-hybridized carbons (Fsp3) is 0.500. The second kappa shape index (κ2) is 2.85. The summed E-state index contributed by atoms with van der Waals surface area (Å²) in [7, 11) is 0. The van der Waals surface area contributed by atoms with Crippen LogP contribution >= 0.6 is 0 Å². The van der Waals surface area contributed by atoms with Gasteiger partial charge < -0.3 is 5.32 Å². The number of nitrogens with one attached hydrogen (secondary N) is 1. The van der Waals surface area contributed by atoms with Crippen molar-refractivity contribution in [2.75, 3.05) is 6.54 Å². The molecular formula is C12H15N. The van der Waals surface area contributed by atoms with E-state index >= 15 is 0 Å². The van der Waals surface area contributed by atoms with E-state index in [9.17, 15) is 0 Å². The zero-order chi connectivity index (χ0) is 8.67. The third-order valence-electron chi connectivity index (χ3n) is 3.46. The largest absolute Gasteiger partial charge is 0.310 e. The topological polar surface area (TPSA) is 12.0 Å². The Morgan fingerprint density at radius 1 is 1.23 bits per heavy atom. The quantitative estimate of drug-likeness (QED) is 0.634. The maximum Gasteiger partial charge on any atom is 0.0354 e. The third-order valence-corrected chi connectivity index (χ3v) is 3.46. The molecule has 68 valence electrons. The molecular weight excluding hydrogens is 158 g/mol. The van der Waals surface area contributed by atoms with Crippen LogP contribution in [0.25, 0.3) is 0 Å². The Morgan fingerprint density at radius 2 is 2.15 bits per heavy atom. The molecule has 1 heterocycles. The Balaban J connectivity index is 2.01. The average molecular weight is 173 g/mol. The van der Waals surface area contributed by atoms with Crippen LogP contribution in [0.1, 0.15) is 30.0 Å². The first-order valence-electron chi connectivity index (χ1n) is 5.26. The van der Waals surface area contributed by atoms with E-state index in [1.54, 1.807) is 11.1 Å². The predicted molar refractivity (Wildman–Crippen MR) is 53.6 cm³/mol. The van der Waals surface area contributed by atoms with Crippen LogP contribution in [0.15, 0.2) is 24.3 Å². The minimum atomic E-state index is 0.671. The highest BCUT2D eigenvalue weighted by Crippen LogP contribution is 2.40. The summed E-state index contributed by atoms with van der Waals surface area (Å²) in [6.45, 7) is 1.20. The summed E-state index contributed by atoms with van der Waals surface area (Å²) in [4.78, 5) is 0. The highest BCUT2D eigenvalue weighted by atomic mass is 14.9. The van der Waals surface area contributed by atoms with Gasteiger partial charge >= 0.3 is 0 Å². The molecule has 0 radical (unpaired) electrons. The van der Waals surface area contributed by atoms with E-state index in [0.717, 1.165) is 5.92 Å². The van der Waals surface area contributed by atoms with Gasteiger partial charge in [-0.2, -0.15) is 0 Å². The van der Waals surface area contributed by atoms with Crippen LogP contribution in [0.5, 0.6) is 0 Å². The van der Waals surface area contributed by atoms with E-state index in [1.165, 1.54) is 25.8 Å². The van der Waals surface area contributed by atoms with Crippen molar-refractivity contribution in [3.05, 3.63) is 35.4 Å². The van der Waals surface area contributed by atoms with Crippen molar-refractivity contribution in [2.45, 2.75) is 25.3 Å². The number of benzene rings is 1. The van der Waals surface area contributed by atoms with Gasteiger partial charge in [-0.15, -0.1) is 0 Å². The molecule has 1 saturated heterocycles. The van der Waals surface area contributed by atoms with Gasteiger partial charge in [0.2, 0.25) is 0 Å². The van der Waals surface area contributed by atoms with Gasteiger partial charge in [0.25, 0.3) is 0 Å². The molecule has 0 saturated carbocycles. The molecule has 0 amide bonds. The molecule has 3 rings (SSSR count). The summed E-state index contributed by atoms with van der Waals surface area (Å²) in [5, 5.41) is 3.64. The molecule has 1 nitrogen and oxygen atoms in total. The molecule has 0 bridgehead atoms. The van der Waals surface area contributed by atoms with Gasteiger partial charge in [-0.1, -0.05) is 24.3 Å². The van der Waals surface area contributed by atoms with Crippen LogP contribution in [-0.2, 0) is 6.42 Å². The molecule has 2 unspecified atom stereocenters. The smallest absolute Gasteiger partial charge is 0.0354 e. The van der Waals surface area contributed by atoms with Gasteiger partial charge in [-0.05, 0) is 42.9 Å². The van der Waals surface area contributed by atoms with Crippen molar-refractivity contribution in [3.8, 4) is 0 Å². The third kappa shape index (κ3) is 1.11. The fourth-order valence-corrected chi connectivity index (χ4v) is 2.84. The summed E-state index contributed by atoms with van der Waals surface area (Å²) >= 11 is 0. The van der Waals surface area contributed by atoms with E-state index in [-0.39, 0.29) is 0 Å². The number of fused-ring (bicyclic) bond motifs is 3. The monoisotopic (exact) mass is 173 g/mol. The lowest BCUT2D eigenvalue weighted by atomic mass is 9.92. The predicted octanol–water partition coefficient (Wildman–Crippen LogP) is 2.28. The second-order valence-electron chi connectivity index (χ2n) is 4.24. The van der Waals surface area contributed by atoms with Crippen molar-refractivity contribution >= 4 is 0 Å². The van der Waals surface area contributed by atoms with Gasteiger partial charge in [0.1, 0.15) is 0 Å². The maximum atomic E-state index is 3.64. The zero-order valence-corrected chi connectivity index (χ0v) is 7.79. The summed E-state index contributed by atoms with van der Waals surface area (Å²) in [5.41, 5.74) is 3.14. The Bertz CT molecular complexity index is 319. The number of hydrogen-bond donors (Lipinski definition) is 1. The van der Waals surface area contributed by atoms with Crippen molar-refractivity contribution < 1.29 is 0 Å². The average Bonchev–Trinajstić information content (AvgIpc) is 2.56. The number of hydrogen-bond acceptors (Lipinski definition) is 1. The highest BCUT2D eigenvalue weighted by molar-refractivity contribution is 5.36. The first kappa shape index (κ1) is 7.57. The molecule has 1 aromatic rings. The van der Waals surface area contributed by atoms with Crippen molar-refractivity contribution in [3.63, 3.8) is 0 Å². The molecule has 1 aliphatic heterocycles. The van der Waals surface area contributed by atoms with Crippen LogP contribution in [0.3, 0.4) is 0 Å². The molecule has 0 aromatic heterocycles. The Hall–Kier alpha value is -0.820. The molecule has 0 spiro atoms. The van der Waals surface area contributed by atoms with Crippen molar-refractivity contribution in [1.82, 2.24) is 5.32 Å². The van der Waals surface area contributed by atoms with Gasteiger partial charge in [-0.25, -0.2) is 0 Å². The van der Waals surface area contributed by atoms with Crippen LogP contribution in [0.2, 0.25) is 0 Å². The highest BCUT2D eigenvalue weighted by Gasteiger charge is 2.33. The molecule has 2 aliphatic rings. The normalized spacial score (nSPS) is 31.1. The van der Waals surface area contributed by atoms with Gasteiger partial charge in [0.15, 0.2) is 0 Å².